The molecule has 1 aliphatic heterocycles. The van der Waals surface area contributed by atoms with Crippen LogP contribution in [-0.4, -0.2) is 29.0 Å². The Hall–Kier alpha value is -3.49. The molecule has 0 saturated carbocycles. The van der Waals surface area contributed by atoms with Crippen molar-refractivity contribution < 1.29 is 22.7 Å². The highest BCUT2D eigenvalue weighted by Crippen LogP contribution is 2.43. The summed E-state index contributed by atoms with van der Waals surface area (Å²) in [6, 6.07) is 11.2. The van der Waals surface area contributed by atoms with Crippen LogP contribution in [0.4, 0.5) is 24.7 Å². The number of benzene rings is 2. The van der Waals surface area contributed by atoms with Gasteiger partial charge in [-0.1, -0.05) is 18.2 Å². The number of fused-ring (bicyclic) bond motifs is 1. The van der Waals surface area contributed by atoms with Crippen molar-refractivity contribution in [3.8, 4) is 5.75 Å². The second kappa shape index (κ2) is 8.22. The topological polar surface area (TPSA) is 68.2 Å². The predicted molar refractivity (Wildman–Crippen MR) is 115 cm³/mol. The lowest BCUT2D eigenvalue weighted by Crippen LogP contribution is -2.35. The van der Waals surface area contributed by atoms with E-state index in [1.54, 1.807) is 36.4 Å². The van der Waals surface area contributed by atoms with E-state index in [9.17, 15) is 18.0 Å². The van der Waals surface area contributed by atoms with Crippen LogP contribution >= 0.6 is 0 Å². The number of carbonyl (C=O) groups excluding carboxylic acids is 1. The molecule has 1 aromatic heterocycles. The predicted octanol–water partition coefficient (Wildman–Crippen LogP) is 5.42. The molecular weight excluding hydrogens is 421 g/mol. The van der Waals surface area contributed by atoms with Crippen molar-refractivity contribution in [3.63, 3.8) is 0 Å². The molecule has 1 amide bonds. The Bertz CT molecular complexity index is 1140. The third-order valence-electron chi connectivity index (χ3n) is 5.71. The molecule has 0 unspecified atom stereocenters. The van der Waals surface area contributed by atoms with Gasteiger partial charge < -0.3 is 15.4 Å². The van der Waals surface area contributed by atoms with Crippen LogP contribution in [0.3, 0.4) is 0 Å². The lowest BCUT2D eigenvalue weighted by Gasteiger charge is -2.33. The highest BCUT2D eigenvalue weighted by atomic mass is 19.4. The van der Waals surface area contributed by atoms with Crippen LogP contribution in [0.15, 0.2) is 48.5 Å². The quantitative estimate of drug-likeness (QED) is 0.564. The van der Waals surface area contributed by atoms with Crippen LogP contribution in [0.5, 0.6) is 5.75 Å². The van der Waals surface area contributed by atoms with Crippen molar-refractivity contribution in [3.05, 3.63) is 70.9 Å². The van der Waals surface area contributed by atoms with Crippen LogP contribution in [0, 0.1) is 13.8 Å². The molecule has 32 heavy (non-hydrogen) atoms. The number of anilines is 2. The summed E-state index contributed by atoms with van der Waals surface area (Å²) < 4.78 is 47.6. The van der Waals surface area contributed by atoms with Gasteiger partial charge >= 0.3 is 6.18 Å². The lowest BCUT2D eigenvalue weighted by atomic mass is 9.97. The van der Waals surface area contributed by atoms with E-state index < -0.39 is 24.2 Å². The van der Waals surface area contributed by atoms with Gasteiger partial charge in [0.15, 0.2) is 11.7 Å². The summed E-state index contributed by atoms with van der Waals surface area (Å²) in [5.41, 5.74) is 3.22. The van der Waals surface area contributed by atoms with Gasteiger partial charge in [0.25, 0.3) is 5.91 Å². The summed E-state index contributed by atoms with van der Waals surface area (Å²) in [5.74, 6) is 0.191. The van der Waals surface area contributed by atoms with E-state index in [2.05, 4.69) is 15.7 Å². The molecule has 4 rings (SSSR count). The number of aryl methyl sites for hydroxylation is 2. The maximum Gasteiger partial charge on any atom is 0.410 e. The van der Waals surface area contributed by atoms with Crippen LogP contribution < -0.4 is 15.4 Å². The number of hydrogen-bond acceptors (Lipinski definition) is 4. The van der Waals surface area contributed by atoms with E-state index in [4.69, 9.17) is 4.74 Å². The van der Waals surface area contributed by atoms with E-state index in [1.807, 2.05) is 19.9 Å². The van der Waals surface area contributed by atoms with E-state index in [0.717, 1.165) is 15.8 Å². The fraction of sp³-hybridized carbons (Fsp3) is 0.304. The summed E-state index contributed by atoms with van der Waals surface area (Å²) in [6.45, 7) is 3.87. The minimum Gasteiger partial charge on any atom is -0.497 e. The first kappa shape index (κ1) is 21.7. The number of ether oxygens (including phenoxy) is 1. The van der Waals surface area contributed by atoms with Crippen molar-refractivity contribution in [2.45, 2.75) is 38.5 Å². The minimum absolute atomic E-state index is 0.0876. The van der Waals surface area contributed by atoms with Crippen molar-refractivity contribution in [2.24, 2.45) is 0 Å². The highest BCUT2D eigenvalue weighted by Gasteiger charge is 2.46. The SMILES string of the molecule is COc1ccc([C@H]2C[C@@H](C(F)(F)F)n3nc(C(=O)Nc4ccc(C)c(C)c4)cc3N2)cc1. The summed E-state index contributed by atoms with van der Waals surface area (Å²) in [7, 11) is 1.52. The Morgan fingerprint density at radius 3 is 2.47 bits per heavy atom. The van der Waals surface area contributed by atoms with E-state index in [0.29, 0.717) is 17.0 Å². The molecule has 2 atom stereocenters. The van der Waals surface area contributed by atoms with Crippen LogP contribution in [0.25, 0.3) is 0 Å². The Balaban J connectivity index is 1.62. The third kappa shape index (κ3) is 4.28. The zero-order valence-corrected chi connectivity index (χ0v) is 17.8. The Labute approximate surface area is 183 Å². The zero-order valence-electron chi connectivity index (χ0n) is 17.8. The van der Waals surface area contributed by atoms with Crippen LogP contribution in [-0.2, 0) is 0 Å². The molecule has 0 saturated heterocycles. The number of nitrogens with zero attached hydrogens (tertiary/aromatic N) is 2. The highest BCUT2D eigenvalue weighted by molar-refractivity contribution is 6.03. The largest absolute Gasteiger partial charge is 0.497 e. The molecule has 0 fully saturated rings. The fourth-order valence-electron chi connectivity index (χ4n) is 3.75. The molecule has 0 radical (unpaired) electrons. The van der Waals surface area contributed by atoms with Gasteiger partial charge in [-0.15, -0.1) is 0 Å². The first-order valence-corrected chi connectivity index (χ1v) is 10.1. The Morgan fingerprint density at radius 1 is 1.12 bits per heavy atom. The smallest absolute Gasteiger partial charge is 0.410 e. The second-order valence-electron chi connectivity index (χ2n) is 7.88. The molecule has 2 aromatic carbocycles. The maximum atomic E-state index is 13.9. The fourth-order valence-corrected chi connectivity index (χ4v) is 3.75. The first-order valence-electron chi connectivity index (χ1n) is 10.1. The van der Waals surface area contributed by atoms with E-state index >= 15 is 0 Å². The van der Waals surface area contributed by atoms with E-state index in [-0.39, 0.29) is 17.9 Å². The number of rotatable bonds is 4. The van der Waals surface area contributed by atoms with Crippen molar-refractivity contribution in [2.75, 3.05) is 17.7 Å². The van der Waals surface area contributed by atoms with Crippen molar-refractivity contribution >= 4 is 17.4 Å². The number of hydrogen-bond donors (Lipinski definition) is 2. The first-order chi connectivity index (χ1) is 15.2. The summed E-state index contributed by atoms with van der Waals surface area (Å²) in [4.78, 5) is 12.7. The van der Waals surface area contributed by atoms with Crippen molar-refractivity contribution in [1.82, 2.24) is 9.78 Å². The van der Waals surface area contributed by atoms with Gasteiger partial charge in [-0.25, -0.2) is 4.68 Å². The molecule has 2 heterocycles. The molecule has 2 N–H and O–H groups in total. The molecule has 3 aromatic rings. The van der Waals surface area contributed by atoms with Gasteiger partial charge in [0, 0.05) is 18.2 Å². The minimum atomic E-state index is -4.52. The standard InChI is InChI=1S/C23H23F3N4O2/c1-13-4-7-16(10-14(13)2)27-22(31)19-12-21-28-18(15-5-8-17(32-3)9-6-15)11-20(23(24,25)26)30(21)29-19/h4-10,12,18,20,28H,11H2,1-3H3,(H,27,31)/t18-,20+/m1/s1. The number of nitrogens with one attached hydrogen (secondary N) is 2. The molecule has 6 nitrogen and oxygen atoms in total. The molecule has 168 valence electrons. The van der Waals surface area contributed by atoms with Gasteiger partial charge in [-0.05, 0) is 54.8 Å². The van der Waals surface area contributed by atoms with Gasteiger partial charge in [0.05, 0.1) is 13.2 Å². The molecule has 0 bridgehead atoms. The Kier molecular flexibility index (Phi) is 5.58. The molecule has 9 heteroatoms. The summed E-state index contributed by atoms with van der Waals surface area (Å²) in [5, 5.41) is 9.79. The van der Waals surface area contributed by atoms with E-state index in [1.165, 1.54) is 13.2 Å². The number of carbonyl (C=O) groups is 1. The normalized spacial score (nSPS) is 17.9. The van der Waals surface area contributed by atoms with Gasteiger partial charge in [-0.2, -0.15) is 18.3 Å². The number of aromatic nitrogens is 2. The summed E-state index contributed by atoms with van der Waals surface area (Å²) in [6.07, 6.45) is -4.77. The van der Waals surface area contributed by atoms with Gasteiger partial charge in [0.1, 0.15) is 11.6 Å². The number of alkyl halides is 3. The van der Waals surface area contributed by atoms with Crippen LogP contribution in [0.1, 0.15) is 45.7 Å². The second-order valence-corrected chi connectivity index (χ2v) is 7.88. The average molecular weight is 444 g/mol. The molecular formula is C23H23F3N4O2. The zero-order chi connectivity index (χ0) is 23.0. The van der Waals surface area contributed by atoms with Gasteiger partial charge in [0.2, 0.25) is 0 Å². The third-order valence-corrected chi connectivity index (χ3v) is 5.71. The number of methoxy groups -OCH3 is 1. The van der Waals surface area contributed by atoms with Gasteiger partial charge in [-0.3, -0.25) is 4.79 Å². The average Bonchev–Trinajstić information content (AvgIpc) is 3.19. The lowest BCUT2D eigenvalue weighted by molar-refractivity contribution is -0.173. The maximum absolute atomic E-state index is 13.9. The Morgan fingerprint density at radius 2 is 1.84 bits per heavy atom. The summed E-state index contributed by atoms with van der Waals surface area (Å²) >= 11 is 0. The molecule has 1 aliphatic rings. The molecule has 0 spiro atoms. The molecule has 0 aliphatic carbocycles. The van der Waals surface area contributed by atoms with Crippen LogP contribution in [0.2, 0.25) is 0 Å². The number of amides is 1. The number of halogens is 3. The monoisotopic (exact) mass is 444 g/mol. The van der Waals surface area contributed by atoms with Crippen molar-refractivity contribution in [1.29, 1.82) is 0 Å².